The highest BCUT2D eigenvalue weighted by molar-refractivity contribution is 9.10. The Hall–Kier alpha value is -1.39. The Morgan fingerprint density at radius 1 is 1.15 bits per heavy atom. The number of thiazole rings is 1. The zero-order valence-electron chi connectivity index (χ0n) is 11.4. The van der Waals surface area contributed by atoms with E-state index in [1.54, 1.807) is 11.3 Å². The second kappa shape index (κ2) is 5.54. The first-order valence-corrected chi connectivity index (χ1v) is 8.13. The number of aromatic nitrogens is 1. The minimum atomic E-state index is 0.195. The highest BCUT2D eigenvalue weighted by atomic mass is 79.9. The summed E-state index contributed by atoms with van der Waals surface area (Å²) in [6.45, 7) is 4.26. The lowest BCUT2D eigenvalue weighted by atomic mass is 10.2. The topological polar surface area (TPSA) is 24.9 Å². The maximum absolute atomic E-state index is 4.71. The fraction of sp³-hybridized carbons (Fsp3) is 0.188. The second-order valence-electron chi connectivity index (χ2n) is 4.80. The van der Waals surface area contributed by atoms with Gasteiger partial charge in [-0.05, 0) is 43.7 Å². The molecule has 0 saturated carbocycles. The van der Waals surface area contributed by atoms with E-state index in [-0.39, 0.29) is 6.04 Å². The number of benzene rings is 2. The fourth-order valence-corrected chi connectivity index (χ4v) is 3.47. The third-order valence-electron chi connectivity index (χ3n) is 3.32. The van der Waals surface area contributed by atoms with Crippen molar-refractivity contribution in [2.45, 2.75) is 19.9 Å². The molecule has 0 saturated heterocycles. The van der Waals surface area contributed by atoms with E-state index >= 15 is 0 Å². The van der Waals surface area contributed by atoms with Crippen LogP contribution in [0, 0.1) is 6.92 Å². The van der Waals surface area contributed by atoms with E-state index in [2.05, 4.69) is 65.4 Å². The van der Waals surface area contributed by atoms with Crippen molar-refractivity contribution in [3.05, 3.63) is 57.5 Å². The Balaban J connectivity index is 1.89. The average Bonchev–Trinajstić information content (AvgIpc) is 2.88. The molecule has 102 valence electrons. The van der Waals surface area contributed by atoms with Crippen LogP contribution >= 0.6 is 27.3 Å². The third-order valence-corrected chi connectivity index (χ3v) is 5.40. The van der Waals surface area contributed by atoms with Crippen LogP contribution in [0.25, 0.3) is 10.2 Å². The quantitative estimate of drug-likeness (QED) is 0.673. The summed E-state index contributed by atoms with van der Waals surface area (Å²) in [5.74, 6) is 0. The molecule has 2 nitrogen and oxygen atoms in total. The monoisotopic (exact) mass is 346 g/mol. The number of rotatable bonds is 3. The highest BCUT2D eigenvalue weighted by Crippen LogP contribution is 2.30. The third kappa shape index (κ3) is 2.58. The van der Waals surface area contributed by atoms with Gasteiger partial charge in [-0.1, -0.05) is 34.1 Å². The van der Waals surface area contributed by atoms with Gasteiger partial charge in [-0.25, -0.2) is 4.98 Å². The maximum Gasteiger partial charge on any atom is 0.116 e. The van der Waals surface area contributed by atoms with Crippen LogP contribution < -0.4 is 5.32 Å². The van der Waals surface area contributed by atoms with Gasteiger partial charge in [0.2, 0.25) is 0 Å². The summed E-state index contributed by atoms with van der Waals surface area (Å²) in [5, 5.41) is 4.66. The van der Waals surface area contributed by atoms with Gasteiger partial charge in [0, 0.05) is 10.2 Å². The molecule has 0 aliphatic rings. The van der Waals surface area contributed by atoms with Gasteiger partial charge < -0.3 is 5.32 Å². The van der Waals surface area contributed by atoms with Gasteiger partial charge in [0.15, 0.2) is 0 Å². The molecule has 0 amide bonds. The first kappa shape index (κ1) is 13.6. The molecule has 1 atom stereocenters. The van der Waals surface area contributed by atoms with E-state index in [1.165, 1.54) is 10.3 Å². The summed E-state index contributed by atoms with van der Waals surface area (Å²) in [5.41, 5.74) is 3.44. The van der Waals surface area contributed by atoms with Gasteiger partial charge in [0.05, 0.1) is 16.3 Å². The number of halogens is 1. The average molecular weight is 347 g/mol. The molecule has 1 heterocycles. The van der Waals surface area contributed by atoms with E-state index < -0.39 is 0 Å². The smallest absolute Gasteiger partial charge is 0.116 e. The van der Waals surface area contributed by atoms with E-state index in [0.29, 0.717) is 0 Å². The van der Waals surface area contributed by atoms with Crippen molar-refractivity contribution in [1.29, 1.82) is 0 Å². The Labute approximate surface area is 131 Å². The highest BCUT2D eigenvalue weighted by Gasteiger charge is 2.12. The molecule has 0 aliphatic carbocycles. The number of anilines is 1. The number of fused-ring (bicyclic) bond motifs is 1. The van der Waals surface area contributed by atoms with Gasteiger partial charge >= 0.3 is 0 Å². The molecule has 0 spiro atoms. The molecular weight excluding hydrogens is 332 g/mol. The van der Waals surface area contributed by atoms with Crippen molar-refractivity contribution >= 4 is 43.2 Å². The minimum Gasteiger partial charge on any atom is -0.376 e. The maximum atomic E-state index is 4.71. The molecular formula is C16H15BrN2S. The van der Waals surface area contributed by atoms with Crippen LogP contribution in [0.4, 0.5) is 5.69 Å². The molecule has 2 aromatic carbocycles. The minimum absolute atomic E-state index is 0.195. The van der Waals surface area contributed by atoms with Gasteiger partial charge in [-0.15, -0.1) is 11.3 Å². The van der Waals surface area contributed by atoms with Crippen molar-refractivity contribution in [3.63, 3.8) is 0 Å². The summed E-state index contributed by atoms with van der Waals surface area (Å²) in [7, 11) is 0. The van der Waals surface area contributed by atoms with Gasteiger partial charge in [0.25, 0.3) is 0 Å². The molecule has 1 N–H and O–H groups in total. The Morgan fingerprint density at radius 3 is 2.75 bits per heavy atom. The largest absolute Gasteiger partial charge is 0.376 e. The van der Waals surface area contributed by atoms with Crippen LogP contribution in [-0.2, 0) is 0 Å². The first-order valence-electron chi connectivity index (χ1n) is 6.52. The Kier molecular flexibility index (Phi) is 3.76. The summed E-state index contributed by atoms with van der Waals surface area (Å²) < 4.78 is 2.36. The number of nitrogens with zero attached hydrogens (tertiary/aromatic N) is 1. The molecule has 3 aromatic rings. The van der Waals surface area contributed by atoms with Crippen LogP contribution in [0.5, 0.6) is 0 Å². The van der Waals surface area contributed by atoms with E-state index in [4.69, 9.17) is 4.98 Å². The lowest BCUT2D eigenvalue weighted by Crippen LogP contribution is -2.07. The molecule has 4 heteroatoms. The van der Waals surface area contributed by atoms with Gasteiger partial charge in [-0.3, -0.25) is 0 Å². The van der Waals surface area contributed by atoms with Crippen LogP contribution in [-0.4, -0.2) is 4.98 Å². The molecule has 1 aromatic heterocycles. The van der Waals surface area contributed by atoms with E-state index in [1.807, 2.05) is 12.1 Å². The van der Waals surface area contributed by atoms with E-state index in [0.717, 1.165) is 20.7 Å². The Morgan fingerprint density at radius 2 is 1.95 bits per heavy atom. The SMILES string of the molecule is Cc1c(Br)cccc1NC(C)c1nc2ccccc2s1. The summed E-state index contributed by atoms with van der Waals surface area (Å²) in [6.07, 6.45) is 0. The number of para-hydroxylation sites is 1. The van der Waals surface area contributed by atoms with Crippen molar-refractivity contribution in [3.8, 4) is 0 Å². The normalized spacial score (nSPS) is 12.6. The predicted octanol–water partition coefficient (Wildman–Crippen LogP) is 5.54. The molecule has 1 unspecified atom stereocenters. The van der Waals surface area contributed by atoms with Crippen LogP contribution in [0.2, 0.25) is 0 Å². The number of nitrogens with one attached hydrogen (secondary N) is 1. The lowest BCUT2D eigenvalue weighted by Gasteiger charge is -2.15. The molecule has 20 heavy (non-hydrogen) atoms. The fourth-order valence-electron chi connectivity index (χ4n) is 2.13. The predicted molar refractivity (Wildman–Crippen MR) is 90.5 cm³/mol. The number of hydrogen-bond acceptors (Lipinski definition) is 3. The van der Waals surface area contributed by atoms with Crippen molar-refractivity contribution in [2.75, 3.05) is 5.32 Å². The first-order chi connectivity index (χ1) is 9.65. The molecule has 3 rings (SSSR count). The summed E-state index contributed by atoms with van der Waals surface area (Å²) >= 11 is 5.32. The molecule has 0 aliphatic heterocycles. The van der Waals surface area contributed by atoms with E-state index in [9.17, 15) is 0 Å². The second-order valence-corrected chi connectivity index (χ2v) is 6.71. The lowest BCUT2D eigenvalue weighted by molar-refractivity contribution is 0.872. The zero-order valence-corrected chi connectivity index (χ0v) is 13.8. The van der Waals surface area contributed by atoms with Crippen LogP contribution in [0.3, 0.4) is 0 Å². The molecule has 0 radical (unpaired) electrons. The van der Waals surface area contributed by atoms with Crippen LogP contribution in [0.1, 0.15) is 23.5 Å². The van der Waals surface area contributed by atoms with Gasteiger partial charge in [-0.2, -0.15) is 0 Å². The summed E-state index contributed by atoms with van der Waals surface area (Å²) in [6, 6.07) is 14.7. The van der Waals surface area contributed by atoms with Crippen molar-refractivity contribution in [1.82, 2.24) is 4.98 Å². The van der Waals surface area contributed by atoms with Gasteiger partial charge in [0.1, 0.15) is 5.01 Å². The number of hydrogen-bond donors (Lipinski definition) is 1. The standard InChI is InChI=1S/C16H15BrN2S/c1-10-12(17)6-5-8-13(10)18-11(2)16-19-14-7-3-4-9-15(14)20-16/h3-9,11,18H,1-2H3. The molecule has 0 bridgehead atoms. The van der Waals surface area contributed by atoms with Crippen molar-refractivity contribution < 1.29 is 0 Å². The van der Waals surface area contributed by atoms with Crippen molar-refractivity contribution in [2.24, 2.45) is 0 Å². The van der Waals surface area contributed by atoms with Crippen LogP contribution in [0.15, 0.2) is 46.9 Å². The summed E-state index contributed by atoms with van der Waals surface area (Å²) in [4.78, 5) is 4.71. The molecule has 0 fully saturated rings. The zero-order chi connectivity index (χ0) is 14.1. The Bertz CT molecular complexity index is 718.